The normalized spacial score (nSPS) is 12.7. The first-order valence-corrected chi connectivity index (χ1v) is 18.4. The van der Waals surface area contributed by atoms with Crippen molar-refractivity contribution in [3.63, 3.8) is 0 Å². The predicted octanol–water partition coefficient (Wildman–Crippen LogP) is 10.9. The minimum Gasteiger partial charge on any atom is -0.480 e. The second-order valence-electron chi connectivity index (χ2n) is 12.1. The maximum Gasteiger partial charge on any atom is 0.322 e. The van der Waals surface area contributed by atoms with Crippen molar-refractivity contribution in [2.45, 2.75) is 168 Å². The summed E-state index contributed by atoms with van der Waals surface area (Å²) in [5, 5.41) is 11.0. The maximum atomic E-state index is 12.6. The lowest BCUT2D eigenvalue weighted by atomic mass is 10.1. The van der Waals surface area contributed by atoms with Crippen LogP contribution in [0.2, 0.25) is 0 Å². The van der Waals surface area contributed by atoms with Gasteiger partial charge in [-0.25, -0.2) is 0 Å². The van der Waals surface area contributed by atoms with Crippen LogP contribution in [0.4, 0.5) is 0 Å². The molecule has 6 nitrogen and oxygen atoms in total. The Morgan fingerprint density at radius 3 is 1.74 bits per heavy atom. The van der Waals surface area contributed by atoms with E-state index in [9.17, 15) is 14.4 Å². The van der Waals surface area contributed by atoms with Gasteiger partial charge in [0.15, 0.2) is 0 Å². The lowest BCUT2D eigenvalue weighted by Crippen LogP contribution is -2.28. The Morgan fingerprint density at radius 1 is 0.587 bits per heavy atom. The van der Waals surface area contributed by atoms with Crippen molar-refractivity contribution in [2.24, 2.45) is 0 Å². The number of ether oxygens (including phenoxy) is 1. The zero-order valence-electron chi connectivity index (χ0n) is 29.4. The standard InChI is InChI=1S/C40H67NO5/c1-3-5-7-9-11-12-13-14-15-16-17-18-19-20-21-22-23-25-31-35-40(45)46-37(32-28-24-10-8-6-4-2)33-29-26-27-30-34-38(42)41-36-39(43)44/h8,10-12,14-15,17-18,28,32,37H,3-7,9,13,16,19-27,29-31,33-36H2,1-2H3,(H,41,42)(H,43,44)/b10-8-,12-11-,15-14-,18-17-,32-28-. The molecule has 0 aliphatic rings. The molecule has 2 N–H and O–H groups in total. The Balaban J connectivity index is 4.07. The zero-order valence-corrected chi connectivity index (χ0v) is 29.4. The summed E-state index contributed by atoms with van der Waals surface area (Å²) in [5.74, 6) is -1.38. The highest BCUT2D eigenvalue weighted by molar-refractivity contribution is 5.80. The van der Waals surface area contributed by atoms with Gasteiger partial charge in [0.25, 0.3) is 0 Å². The van der Waals surface area contributed by atoms with Crippen molar-refractivity contribution in [3.8, 4) is 0 Å². The Kier molecular flexibility index (Phi) is 32.8. The quantitative estimate of drug-likeness (QED) is 0.0433. The topological polar surface area (TPSA) is 92.7 Å². The van der Waals surface area contributed by atoms with Gasteiger partial charge in [-0.1, -0.05) is 126 Å². The van der Waals surface area contributed by atoms with Gasteiger partial charge in [-0.05, 0) is 83.1 Å². The number of unbranched alkanes of at least 4 members (excludes halogenated alkanes) is 13. The van der Waals surface area contributed by atoms with Gasteiger partial charge < -0.3 is 15.2 Å². The van der Waals surface area contributed by atoms with Crippen molar-refractivity contribution >= 4 is 17.8 Å². The van der Waals surface area contributed by atoms with E-state index in [4.69, 9.17) is 9.84 Å². The molecule has 0 bridgehead atoms. The number of aliphatic carboxylic acids is 1. The monoisotopic (exact) mass is 642 g/mol. The number of hydrogen-bond acceptors (Lipinski definition) is 4. The molecule has 0 aromatic carbocycles. The summed E-state index contributed by atoms with van der Waals surface area (Å²) < 4.78 is 5.83. The molecule has 46 heavy (non-hydrogen) atoms. The molecule has 0 saturated carbocycles. The molecule has 0 aliphatic carbocycles. The van der Waals surface area contributed by atoms with Crippen LogP contribution in [-0.2, 0) is 19.1 Å². The lowest BCUT2D eigenvalue weighted by molar-refractivity contribution is -0.147. The Labute approximate surface area is 281 Å². The van der Waals surface area contributed by atoms with E-state index in [1.54, 1.807) is 0 Å². The van der Waals surface area contributed by atoms with Gasteiger partial charge in [0, 0.05) is 12.8 Å². The van der Waals surface area contributed by atoms with Crippen LogP contribution in [0, 0.1) is 0 Å². The third-order valence-corrected chi connectivity index (χ3v) is 7.63. The Hall–Kier alpha value is -2.89. The van der Waals surface area contributed by atoms with Gasteiger partial charge in [-0.15, -0.1) is 0 Å². The number of carboxylic acid groups (broad SMARTS) is 1. The SMILES string of the molecule is CCC/C=C\C/C=C\C(CCCCCCC(=O)NCC(=O)O)OC(=O)CCCCCCCC/C=C\C/C=C\C/C=C\CCCCC. The molecule has 0 fully saturated rings. The fourth-order valence-electron chi connectivity index (χ4n) is 4.89. The molecule has 0 aromatic rings. The molecule has 0 rings (SSSR count). The van der Waals surface area contributed by atoms with Crippen LogP contribution >= 0.6 is 0 Å². The fraction of sp³-hybridized carbons (Fsp3) is 0.675. The summed E-state index contributed by atoms with van der Waals surface area (Å²) in [6.45, 7) is 4.07. The molecule has 0 saturated heterocycles. The third kappa shape index (κ3) is 34.0. The van der Waals surface area contributed by atoms with Crippen LogP contribution in [0.5, 0.6) is 0 Å². The fourth-order valence-corrected chi connectivity index (χ4v) is 4.89. The summed E-state index contributed by atoms with van der Waals surface area (Å²) in [5.41, 5.74) is 0. The molecule has 0 aliphatic heterocycles. The van der Waals surface area contributed by atoms with Gasteiger partial charge in [-0.3, -0.25) is 14.4 Å². The van der Waals surface area contributed by atoms with E-state index in [0.717, 1.165) is 89.9 Å². The third-order valence-electron chi connectivity index (χ3n) is 7.63. The van der Waals surface area contributed by atoms with Gasteiger partial charge >= 0.3 is 11.9 Å². The molecule has 0 heterocycles. The molecule has 0 spiro atoms. The first-order chi connectivity index (χ1) is 22.5. The minimum atomic E-state index is -1.03. The largest absolute Gasteiger partial charge is 0.480 e. The van der Waals surface area contributed by atoms with Gasteiger partial charge in [0.2, 0.25) is 5.91 Å². The highest BCUT2D eigenvalue weighted by Crippen LogP contribution is 2.14. The summed E-state index contributed by atoms with van der Waals surface area (Å²) >= 11 is 0. The van der Waals surface area contributed by atoms with E-state index >= 15 is 0 Å². The van der Waals surface area contributed by atoms with E-state index in [1.807, 2.05) is 6.08 Å². The van der Waals surface area contributed by atoms with Crippen LogP contribution in [0.25, 0.3) is 0 Å². The molecule has 0 aromatic heterocycles. The number of carbonyl (C=O) groups excluding carboxylic acids is 2. The van der Waals surface area contributed by atoms with Crippen LogP contribution < -0.4 is 5.32 Å². The first-order valence-electron chi connectivity index (χ1n) is 18.4. The minimum absolute atomic E-state index is 0.117. The molecule has 1 amide bonds. The van der Waals surface area contributed by atoms with Crippen molar-refractivity contribution in [3.05, 3.63) is 60.8 Å². The number of nitrogens with one attached hydrogen (secondary N) is 1. The molecular formula is C40H67NO5. The van der Waals surface area contributed by atoms with Gasteiger partial charge in [-0.2, -0.15) is 0 Å². The number of esters is 1. The Morgan fingerprint density at radius 2 is 1.11 bits per heavy atom. The summed E-state index contributed by atoms with van der Waals surface area (Å²) in [7, 11) is 0. The number of rotatable bonds is 32. The van der Waals surface area contributed by atoms with Crippen molar-refractivity contribution < 1.29 is 24.2 Å². The second kappa shape index (κ2) is 35.0. The van der Waals surface area contributed by atoms with E-state index < -0.39 is 5.97 Å². The predicted molar refractivity (Wildman–Crippen MR) is 194 cm³/mol. The van der Waals surface area contributed by atoms with Crippen LogP contribution in [0.3, 0.4) is 0 Å². The lowest BCUT2D eigenvalue weighted by Gasteiger charge is -2.14. The number of amides is 1. The number of carboxylic acids is 1. The average molecular weight is 642 g/mol. The van der Waals surface area contributed by atoms with Crippen molar-refractivity contribution in [1.82, 2.24) is 5.32 Å². The van der Waals surface area contributed by atoms with E-state index in [-0.39, 0.29) is 24.5 Å². The smallest absolute Gasteiger partial charge is 0.322 e. The average Bonchev–Trinajstić information content (AvgIpc) is 3.04. The number of carbonyl (C=O) groups is 3. The molecule has 6 heteroatoms. The molecule has 262 valence electrons. The highest BCUT2D eigenvalue weighted by atomic mass is 16.5. The zero-order chi connectivity index (χ0) is 33.8. The highest BCUT2D eigenvalue weighted by Gasteiger charge is 2.11. The Bertz CT molecular complexity index is 886. The summed E-state index contributed by atoms with van der Waals surface area (Å²) in [4.78, 5) is 34.7. The van der Waals surface area contributed by atoms with E-state index in [0.29, 0.717) is 12.8 Å². The molecule has 1 unspecified atom stereocenters. The van der Waals surface area contributed by atoms with Crippen molar-refractivity contribution in [1.29, 1.82) is 0 Å². The van der Waals surface area contributed by atoms with E-state index in [1.165, 1.54) is 44.9 Å². The van der Waals surface area contributed by atoms with Crippen LogP contribution in [0.15, 0.2) is 60.8 Å². The number of allylic oxidation sites excluding steroid dienone is 9. The van der Waals surface area contributed by atoms with Gasteiger partial charge in [0.1, 0.15) is 12.6 Å². The van der Waals surface area contributed by atoms with Crippen molar-refractivity contribution in [2.75, 3.05) is 6.54 Å². The molecule has 0 radical (unpaired) electrons. The first kappa shape index (κ1) is 43.1. The summed E-state index contributed by atoms with van der Waals surface area (Å²) in [6, 6.07) is 0. The number of hydrogen-bond donors (Lipinski definition) is 2. The summed E-state index contributed by atoms with van der Waals surface area (Å²) in [6.07, 6.45) is 45.0. The molecule has 1 atom stereocenters. The van der Waals surface area contributed by atoms with Gasteiger partial charge in [0.05, 0.1) is 0 Å². The maximum absolute atomic E-state index is 12.6. The van der Waals surface area contributed by atoms with Crippen LogP contribution in [0.1, 0.15) is 162 Å². The van der Waals surface area contributed by atoms with Crippen LogP contribution in [-0.4, -0.2) is 35.6 Å². The second-order valence-corrected chi connectivity index (χ2v) is 12.1. The van der Waals surface area contributed by atoms with E-state index in [2.05, 4.69) is 73.8 Å². The molecular weight excluding hydrogens is 574 g/mol.